The normalized spacial score (nSPS) is 16.5. The Bertz CT molecular complexity index is 1290. The van der Waals surface area contributed by atoms with Crippen LogP contribution in [-0.4, -0.2) is 21.8 Å². The van der Waals surface area contributed by atoms with E-state index in [-0.39, 0.29) is 11.3 Å². The van der Waals surface area contributed by atoms with Gasteiger partial charge in [-0.05, 0) is 35.2 Å². The SMILES string of the molecule is O=C(C1=C(O)C(=O)N(c2cccc3ccccc23)C1c1cccnc1)c1ccco1. The number of aliphatic hydroxyl groups is 1. The van der Waals surface area contributed by atoms with Crippen LogP contribution >= 0.6 is 0 Å². The number of hydrogen-bond donors (Lipinski definition) is 1. The summed E-state index contributed by atoms with van der Waals surface area (Å²) in [5, 5.41) is 12.5. The van der Waals surface area contributed by atoms with Gasteiger partial charge in [-0.3, -0.25) is 19.5 Å². The standard InChI is InChI=1S/C24H16N2O4/c27-22(19-11-5-13-30-19)20-21(16-8-4-12-25-14-16)26(24(29)23(20)28)18-10-3-7-15-6-1-2-9-17(15)18/h1-14,21,28H. The topological polar surface area (TPSA) is 83.6 Å². The summed E-state index contributed by atoms with van der Waals surface area (Å²) < 4.78 is 5.25. The van der Waals surface area contributed by atoms with Crippen LogP contribution in [0.5, 0.6) is 0 Å². The first kappa shape index (κ1) is 17.9. The molecule has 1 unspecified atom stereocenters. The third-order valence-electron chi connectivity index (χ3n) is 5.22. The second kappa shape index (κ2) is 7.00. The van der Waals surface area contributed by atoms with Gasteiger partial charge in [0.05, 0.1) is 23.6 Å². The quantitative estimate of drug-likeness (QED) is 0.509. The van der Waals surface area contributed by atoms with Crippen molar-refractivity contribution in [2.24, 2.45) is 0 Å². The lowest BCUT2D eigenvalue weighted by Crippen LogP contribution is -2.31. The molecule has 30 heavy (non-hydrogen) atoms. The van der Waals surface area contributed by atoms with E-state index in [1.807, 2.05) is 36.4 Å². The molecule has 0 aliphatic carbocycles. The molecule has 3 heterocycles. The number of hydrogen-bond acceptors (Lipinski definition) is 5. The van der Waals surface area contributed by atoms with E-state index in [9.17, 15) is 14.7 Å². The van der Waals surface area contributed by atoms with E-state index in [0.717, 1.165) is 10.8 Å². The highest BCUT2D eigenvalue weighted by Gasteiger charge is 2.45. The second-order valence-electron chi connectivity index (χ2n) is 6.93. The molecule has 0 saturated carbocycles. The summed E-state index contributed by atoms with van der Waals surface area (Å²) in [5.41, 5.74) is 1.18. The van der Waals surface area contributed by atoms with Gasteiger partial charge in [0, 0.05) is 17.8 Å². The Labute approximate surface area is 171 Å². The molecular weight excluding hydrogens is 380 g/mol. The van der Waals surface area contributed by atoms with Crippen molar-refractivity contribution in [3.8, 4) is 0 Å². The van der Waals surface area contributed by atoms with Gasteiger partial charge in [-0.25, -0.2) is 0 Å². The first-order valence-electron chi connectivity index (χ1n) is 9.39. The summed E-state index contributed by atoms with van der Waals surface area (Å²) in [6, 6.07) is 19.0. The molecule has 2 aromatic heterocycles. The zero-order chi connectivity index (χ0) is 20.7. The number of Topliss-reactive ketones (excluding diaryl/α,β-unsaturated/α-hetero) is 1. The molecule has 6 nitrogen and oxygen atoms in total. The van der Waals surface area contributed by atoms with Crippen molar-refractivity contribution in [1.82, 2.24) is 4.98 Å². The van der Waals surface area contributed by atoms with E-state index in [4.69, 9.17) is 4.42 Å². The van der Waals surface area contributed by atoms with Gasteiger partial charge >= 0.3 is 0 Å². The number of aliphatic hydroxyl groups excluding tert-OH is 1. The van der Waals surface area contributed by atoms with Gasteiger partial charge in [0.2, 0.25) is 5.78 Å². The Kier molecular flexibility index (Phi) is 4.17. The van der Waals surface area contributed by atoms with Crippen LogP contribution in [0.3, 0.4) is 0 Å². The van der Waals surface area contributed by atoms with Crippen LogP contribution in [-0.2, 0) is 4.79 Å². The molecule has 146 valence electrons. The second-order valence-corrected chi connectivity index (χ2v) is 6.93. The maximum absolute atomic E-state index is 13.2. The number of carbonyl (C=O) groups excluding carboxylic acids is 2. The monoisotopic (exact) mass is 396 g/mol. The van der Waals surface area contributed by atoms with E-state index >= 15 is 0 Å². The minimum Gasteiger partial charge on any atom is -0.503 e. The molecule has 0 radical (unpaired) electrons. The fourth-order valence-corrected chi connectivity index (χ4v) is 3.90. The maximum atomic E-state index is 13.2. The summed E-state index contributed by atoms with van der Waals surface area (Å²) >= 11 is 0. The number of amides is 1. The first-order valence-corrected chi connectivity index (χ1v) is 9.39. The van der Waals surface area contributed by atoms with Gasteiger partial charge < -0.3 is 9.52 Å². The van der Waals surface area contributed by atoms with E-state index in [1.165, 1.54) is 17.2 Å². The molecule has 0 bridgehead atoms. The van der Waals surface area contributed by atoms with Crippen LogP contribution < -0.4 is 4.90 Å². The van der Waals surface area contributed by atoms with Crippen LogP contribution in [0.1, 0.15) is 22.2 Å². The van der Waals surface area contributed by atoms with Crippen molar-refractivity contribution >= 4 is 28.2 Å². The summed E-state index contributed by atoms with van der Waals surface area (Å²) in [4.78, 5) is 32.0. The minimum absolute atomic E-state index is 0.0316. The number of anilines is 1. The summed E-state index contributed by atoms with van der Waals surface area (Å²) in [5.74, 6) is -1.71. The van der Waals surface area contributed by atoms with Crippen LogP contribution in [0.4, 0.5) is 5.69 Å². The van der Waals surface area contributed by atoms with Crippen LogP contribution in [0.25, 0.3) is 10.8 Å². The molecule has 0 spiro atoms. The Morgan fingerprint density at radius 1 is 1.00 bits per heavy atom. The highest BCUT2D eigenvalue weighted by atomic mass is 16.3. The molecule has 5 rings (SSSR count). The lowest BCUT2D eigenvalue weighted by atomic mass is 9.95. The van der Waals surface area contributed by atoms with Crippen LogP contribution in [0.2, 0.25) is 0 Å². The molecule has 1 aliphatic rings. The fraction of sp³-hybridized carbons (Fsp3) is 0.0417. The number of furan rings is 1. The zero-order valence-corrected chi connectivity index (χ0v) is 15.7. The predicted molar refractivity (Wildman–Crippen MR) is 111 cm³/mol. The van der Waals surface area contributed by atoms with Crippen molar-refractivity contribution in [3.63, 3.8) is 0 Å². The minimum atomic E-state index is -0.838. The fourth-order valence-electron chi connectivity index (χ4n) is 3.90. The Balaban J connectivity index is 1.73. The van der Waals surface area contributed by atoms with E-state index < -0.39 is 23.5 Å². The number of benzene rings is 2. The molecule has 2 aromatic carbocycles. The maximum Gasteiger partial charge on any atom is 0.294 e. The number of rotatable bonds is 4. The third kappa shape index (κ3) is 2.69. The molecule has 1 aliphatic heterocycles. The number of fused-ring (bicyclic) bond motifs is 1. The molecule has 4 aromatic rings. The van der Waals surface area contributed by atoms with E-state index in [0.29, 0.717) is 11.3 Å². The highest BCUT2D eigenvalue weighted by Crippen LogP contribution is 2.43. The Morgan fingerprint density at radius 3 is 2.60 bits per heavy atom. The lowest BCUT2D eigenvalue weighted by molar-refractivity contribution is -0.117. The number of pyridine rings is 1. The molecule has 1 atom stereocenters. The van der Waals surface area contributed by atoms with Crippen molar-refractivity contribution < 1.29 is 19.1 Å². The molecule has 0 fully saturated rings. The Hall–Kier alpha value is -4.19. The van der Waals surface area contributed by atoms with Crippen molar-refractivity contribution in [3.05, 3.63) is 108 Å². The van der Waals surface area contributed by atoms with Crippen molar-refractivity contribution in [1.29, 1.82) is 0 Å². The van der Waals surface area contributed by atoms with Crippen LogP contribution in [0, 0.1) is 0 Å². The molecular formula is C24H16N2O4. The Morgan fingerprint density at radius 2 is 1.83 bits per heavy atom. The molecule has 1 amide bonds. The number of aromatic nitrogens is 1. The molecule has 6 heteroatoms. The summed E-state index contributed by atoms with van der Waals surface area (Å²) in [6.07, 6.45) is 4.58. The summed E-state index contributed by atoms with van der Waals surface area (Å²) in [6.45, 7) is 0. The van der Waals surface area contributed by atoms with E-state index in [2.05, 4.69) is 4.98 Å². The average molecular weight is 396 g/mol. The zero-order valence-electron chi connectivity index (χ0n) is 15.7. The van der Waals surface area contributed by atoms with Gasteiger partial charge in [-0.1, -0.05) is 42.5 Å². The summed E-state index contributed by atoms with van der Waals surface area (Å²) in [7, 11) is 0. The largest absolute Gasteiger partial charge is 0.503 e. The van der Waals surface area contributed by atoms with E-state index in [1.54, 1.807) is 36.7 Å². The first-order chi connectivity index (χ1) is 14.7. The average Bonchev–Trinajstić information content (AvgIpc) is 3.41. The highest BCUT2D eigenvalue weighted by molar-refractivity contribution is 6.21. The smallest absolute Gasteiger partial charge is 0.294 e. The van der Waals surface area contributed by atoms with Gasteiger partial charge in [-0.2, -0.15) is 0 Å². The number of nitrogens with zero attached hydrogens (tertiary/aromatic N) is 2. The van der Waals surface area contributed by atoms with Crippen molar-refractivity contribution in [2.75, 3.05) is 4.90 Å². The van der Waals surface area contributed by atoms with Gasteiger partial charge in [0.1, 0.15) is 0 Å². The van der Waals surface area contributed by atoms with Gasteiger partial charge in [-0.15, -0.1) is 0 Å². The van der Waals surface area contributed by atoms with Gasteiger partial charge in [0.25, 0.3) is 5.91 Å². The third-order valence-corrected chi connectivity index (χ3v) is 5.22. The van der Waals surface area contributed by atoms with Crippen molar-refractivity contribution in [2.45, 2.75) is 6.04 Å². The van der Waals surface area contributed by atoms with Gasteiger partial charge in [0.15, 0.2) is 11.5 Å². The lowest BCUT2D eigenvalue weighted by Gasteiger charge is -2.27. The predicted octanol–water partition coefficient (Wildman–Crippen LogP) is 4.61. The number of ketones is 1. The molecule has 0 saturated heterocycles. The molecule has 1 N–H and O–H groups in total. The van der Waals surface area contributed by atoms with Crippen LogP contribution in [0.15, 0.2) is 101 Å². The number of carbonyl (C=O) groups is 2.